The smallest absolute Gasteiger partial charge is 0.268 e. The van der Waals surface area contributed by atoms with E-state index in [4.69, 9.17) is 9.47 Å². The quantitative estimate of drug-likeness (QED) is 0.432. The van der Waals surface area contributed by atoms with Gasteiger partial charge in [-0.25, -0.2) is 0 Å². The zero-order chi connectivity index (χ0) is 23.8. The molecule has 0 bridgehead atoms. The number of hydrogen-bond donors (Lipinski definition) is 2. The van der Waals surface area contributed by atoms with Gasteiger partial charge in [-0.2, -0.15) is 0 Å². The van der Waals surface area contributed by atoms with Gasteiger partial charge in [-0.15, -0.1) is 11.3 Å². The number of benzene rings is 2. The van der Waals surface area contributed by atoms with E-state index in [1.807, 2.05) is 61.7 Å². The molecule has 0 unspecified atom stereocenters. The highest BCUT2D eigenvalue weighted by atomic mass is 32.1. The van der Waals surface area contributed by atoms with Crippen LogP contribution in [0.25, 0.3) is 6.08 Å². The Morgan fingerprint density at radius 1 is 1.03 bits per heavy atom. The number of hydrogen-bond acceptors (Lipinski definition) is 5. The summed E-state index contributed by atoms with van der Waals surface area (Å²) in [7, 11) is 3.15. The first-order chi connectivity index (χ1) is 15.9. The van der Waals surface area contributed by atoms with E-state index in [1.165, 1.54) is 11.3 Å². The summed E-state index contributed by atoms with van der Waals surface area (Å²) in [6.45, 7) is 3.94. The summed E-state index contributed by atoms with van der Waals surface area (Å²) in [5.74, 6) is 0.494. The van der Waals surface area contributed by atoms with E-state index in [9.17, 15) is 9.59 Å². The Labute approximate surface area is 198 Å². The molecule has 3 aromatic rings. The van der Waals surface area contributed by atoms with Crippen LogP contribution in [0.4, 0.5) is 0 Å². The monoisotopic (exact) mass is 464 g/mol. The fourth-order valence-electron chi connectivity index (χ4n) is 3.30. The molecule has 6 nitrogen and oxygen atoms in total. The van der Waals surface area contributed by atoms with Crippen molar-refractivity contribution in [1.29, 1.82) is 0 Å². The van der Waals surface area contributed by atoms with Crippen molar-refractivity contribution < 1.29 is 19.1 Å². The lowest BCUT2D eigenvalue weighted by Crippen LogP contribution is -2.36. The summed E-state index contributed by atoms with van der Waals surface area (Å²) < 4.78 is 10.7. The number of carbonyl (C=O) groups is 2. The second-order valence-electron chi connectivity index (χ2n) is 7.44. The van der Waals surface area contributed by atoms with E-state index in [-0.39, 0.29) is 23.6 Å². The third-order valence-corrected chi connectivity index (χ3v) is 5.98. The van der Waals surface area contributed by atoms with E-state index >= 15 is 0 Å². The third-order valence-electron chi connectivity index (χ3n) is 5.16. The lowest BCUT2D eigenvalue weighted by molar-refractivity contribution is -0.118. The molecule has 1 aromatic heterocycles. The summed E-state index contributed by atoms with van der Waals surface area (Å²) >= 11 is 1.49. The number of thiophene rings is 1. The maximum atomic E-state index is 13.3. The van der Waals surface area contributed by atoms with Crippen LogP contribution in [-0.2, 0) is 4.79 Å². The Bertz CT molecular complexity index is 1120. The van der Waals surface area contributed by atoms with E-state index in [0.717, 1.165) is 16.0 Å². The van der Waals surface area contributed by atoms with Gasteiger partial charge in [0.05, 0.1) is 20.3 Å². The molecule has 0 fully saturated rings. The van der Waals surface area contributed by atoms with Crippen molar-refractivity contribution in [3.05, 3.63) is 87.2 Å². The average molecular weight is 465 g/mol. The van der Waals surface area contributed by atoms with Crippen LogP contribution in [-0.4, -0.2) is 26.0 Å². The predicted molar refractivity (Wildman–Crippen MR) is 132 cm³/mol. The second-order valence-corrected chi connectivity index (χ2v) is 8.42. The first kappa shape index (κ1) is 24.1. The van der Waals surface area contributed by atoms with Gasteiger partial charge in [-0.3, -0.25) is 9.59 Å². The Morgan fingerprint density at radius 3 is 2.36 bits per heavy atom. The standard InChI is InChI=1S/C26H28N2O4S/c1-5-21(19-12-13-23(31-3)24(15-19)32-4)27-26(30)22(16-20-7-6-14-33-20)28-25(29)18-10-8-17(2)9-11-18/h6-16,21H,5H2,1-4H3,(H,27,30)(H,28,29)/b22-16-/t21-/m0/s1. The van der Waals surface area contributed by atoms with Gasteiger partial charge in [-0.1, -0.05) is 36.8 Å². The van der Waals surface area contributed by atoms with Crippen LogP contribution in [0.3, 0.4) is 0 Å². The van der Waals surface area contributed by atoms with Crippen molar-refractivity contribution in [2.45, 2.75) is 26.3 Å². The highest BCUT2D eigenvalue weighted by molar-refractivity contribution is 7.10. The van der Waals surface area contributed by atoms with Crippen molar-refractivity contribution in [3.63, 3.8) is 0 Å². The first-order valence-electron chi connectivity index (χ1n) is 10.6. The molecule has 0 aliphatic rings. The van der Waals surface area contributed by atoms with Gasteiger partial charge in [0.1, 0.15) is 5.70 Å². The SMILES string of the molecule is CC[C@H](NC(=O)/C(=C/c1cccs1)NC(=O)c1ccc(C)cc1)c1ccc(OC)c(OC)c1. The minimum atomic E-state index is -0.370. The molecule has 172 valence electrons. The third kappa shape index (κ3) is 6.23. The van der Waals surface area contributed by atoms with E-state index in [1.54, 1.807) is 32.4 Å². The Balaban J connectivity index is 1.84. The number of aryl methyl sites for hydroxylation is 1. The summed E-state index contributed by atoms with van der Waals surface area (Å²) in [5.41, 5.74) is 2.60. The molecule has 33 heavy (non-hydrogen) atoms. The molecule has 1 atom stereocenters. The molecule has 2 N–H and O–H groups in total. The zero-order valence-corrected chi connectivity index (χ0v) is 20.0. The molecule has 0 aliphatic carbocycles. The molecule has 0 saturated carbocycles. The second kappa shape index (κ2) is 11.3. The van der Waals surface area contributed by atoms with Gasteiger partial charge in [0.25, 0.3) is 11.8 Å². The minimum Gasteiger partial charge on any atom is -0.493 e. The summed E-state index contributed by atoms with van der Waals surface area (Å²) in [6, 6.07) is 16.3. The van der Waals surface area contributed by atoms with Gasteiger partial charge in [0.15, 0.2) is 11.5 Å². The highest BCUT2D eigenvalue weighted by Crippen LogP contribution is 2.31. The molecule has 7 heteroatoms. The minimum absolute atomic E-state index is 0.182. The van der Waals surface area contributed by atoms with Gasteiger partial charge in [-0.05, 0) is 60.7 Å². The fraction of sp³-hybridized carbons (Fsp3) is 0.231. The van der Waals surface area contributed by atoms with Crippen molar-refractivity contribution in [3.8, 4) is 11.5 Å². The van der Waals surface area contributed by atoms with E-state index in [0.29, 0.717) is 23.5 Å². The highest BCUT2D eigenvalue weighted by Gasteiger charge is 2.20. The Kier molecular flexibility index (Phi) is 8.27. The Hall–Kier alpha value is -3.58. The fourth-order valence-corrected chi connectivity index (χ4v) is 3.96. The molecule has 0 aliphatic heterocycles. The number of methoxy groups -OCH3 is 2. The molecule has 0 spiro atoms. The predicted octanol–water partition coefficient (Wildman–Crippen LogP) is 5.11. The van der Waals surface area contributed by atoms with Gasteiger partial charge in [0.2, 0.25) is 0 Å². The number of rotatable bonds is 9. The van der Waals surface area contributed by atoms with Crippen LogP contribution < -0.4 is 20.1 Å². The van der Waals surface area contributed by atoms with Crippen molar-refractivity contribution in [2.24, 2.45) is 0 Å². The van der Waals surface area contributed by atoms with Gasteiger partial charge in [0, 0.05) is 10.4 Å². The number of carbonyl (C=O) groups excluding carboxylic acids is 2. The molecule has 1 heterocycles. The number of nitrogens with one attached hydrogen (secondary N) is 2. The molecule has 0 saturated heterocycles. The van der Waals surface area contributed by atoms with Crippen molar-refractivity contribution in [2.75, 3.05) is 14.2 Å². The molecule has 2 aromatic carbocycles. The molecular weight excluding hydrogens is 436 g/mol. The van der Waals surface area contributed by atoms with Crippen molar-refractivity contribution >= 4 is 29.2 Å². The van der Waals surface area contributed by atoms with Crippen molar-refractivity contribution in [1.82, 2.24) is 10.6 Å². The van der Waals surface area contributed by atoms with Crippen LogP contribution in [0, 0.1) is 6.92 Å². The molecule has 3 rings (SSSR count). The largest absolute Gasteiger partial charge is 0.493 e. The lowest BCUT2D eigenvalue weighted by atomic mass is 10.0. The average Bonchev–Trinajstić information content (AvgIpc) is 3.35. The van der Waals surface area contributed by atoms with Crippen LogP contribution in [0.2, 0.25) is 0 Å². The number of amides is 2. The zero-order valence-electron chi connectivity index (χ0n) is 19.2. The van der Waals surface area contributed by atoms with Crippen LogP contribution in [0.15, 0.2) is 65.7 Å². The maximum Gasteiger partial charge on any atom is 0.268 e. The first-order valence-corrected chi connectivity index (χ1v) is 11.5. The Morgan fingerprint density at radius 2 is 1.76 bits per heavy atom. The topological polar surface area (TPSA) is 76.7 Å². The van der Waals surface area contributed by atoms with Crippen LogP contribution in [0.1, 0.15) is 45.7 Å². The van der Waals surface area contributed by atoms with Gasteiger partial charge >= 0.3 is 0 Å². The van der Waals surface area contributed by atoms with Crippen LogP contribution >= 0.6 is 11.3 Å². The van der Waals surface area contributed by atoms with Gasteiger partial charge < -0.3 is 20.1 Å². The molecular formula is C26H28N2O4S. The summed E-state index contributed by atoms with van der Waals surface area (Å²) in [5, 5.41) is 7.74. The van der Waals surface area contributed by atoms with E-state index in [2.05, 4.69) is 10.6 Å². The van der Waals surface area contributed by atoms with E-state index < -0.39 is 0 Å². The molecule has 0 radical (unpaired) electrons. The summed E-state index contributed by atoms with van der Waals surface area (Å²) in [6.07, 6.45) is 2.34. The van der Waals surface area contributed by atoms with Crippen LogP contribution in [0.5, 0.6) is 11.5 Å². The number of ether oxygens (including phenoxy) is 2. The maximum absolute atomic E-state index is 13.3. The lowest BCUT2D eigenvalue weighted by Gasteiger charge is -2.20. The summed E-state index contributed by atoms with van der Waals surface area (Å²) in [4.78, 5) is 26.9. The molecule has 2 amide bonds. The normalized spacial score (nSPS) is 12.1.